The molecule has 3 heterocycles. The third kappa shape index (κ3) is 2.45. The number of rotatable bonds is 1. The first-order valence-electron chi connectivity index (χ1n) is 7.54. The number of carbonyl (C=O) groups excluding carboxylic acids is 1. The second kappa shape index (κ2) is 5.94. The fourth-order valence-electron chi connectivity index (χ4n) is 3.72. The Morgan fingerprint density at radius 1 is 1.38 bits per heavy atom. The summed E-state index contributed by atoms with van der Waals surface area (Å²) in [4.78, 5) is 14.8. The van der Waals surface area contributed by atoms with Crippen LogP contribution in [-0.4, -0.2) is 52.8 Å². The van der Waals surface area contributed by atoms with Gasteiger partial charge in [-0.2, -0.15) is 5.10 Å². The van der Waals surface area contributed by atoms with E-state index in [-0.39, 0.29) is 30.5 Å². The summed E-state index contributed by atoms with van der Waals surface area (Å²) in [6, 6.07) is 0.250. The van der Waals surface area contributed by atoms with E-state index in [2.05, 4.69) is 15.5 Å². The van der Waals surface area contributed by atoms with Gasteiger partial charge in [0.15, 0.2) is 5.69 Å². The molecule has 2 atom stereocenters. The van der Waals surface area contributed by atoms with Crippen LogP contribution in [0.1, 0.15) is 41.0 Å². The molecule has 0 bridgehead atoms. The SMILES string of the molecule is Cl.O=C(c1n[nH]c2c1CNCC2)N1CCOC2CCCC21. The van der Waals surface area contributed by atoms with Gasteiger partial charge in [0.1, 0.15) is 0 Å². The lowest BCUT2D eigenvalue weighted by atomic mass is 10.0. The highest BCUT2D eigenvalue weighted by Crippen LogP contribution is 2.31. The molecule has 0 radical (unpaired) electrons. The molecule has 7 heteroatoms. The maximum absolute atomic E-state index is 12.8. The fraction of sp³-hybridized carbons (Fsp3) is 0.714. The normalized spacial score (nSPS) is 27.7. The number of nitrogens with one attached hydrogen (secondary N) is 2. The van der Waals surface area contributed by atoms with Gasteiger partial charge in [0.05, 0.1) is 18.8 Å². The number of nitrogens with zero attached hydrogens (tertiary/aromatic N) is 2. The number of aromatic nitrogens is 2. The lowest BCUT2D eigenvalue weighted by Crippen LogP contribution is -2.51. The number of hydrogen-bond donors (Lipinski definition) is 2. The van der Waals surface area contributed by atoms with Gasteiger partial charge in [-0.1, -0.05) is 0 Å². The molecule has 1 saturated carbocycles. The van der Waals surface area contributed by atoms with Crippen LogP contribution in [0.2, 0.25) is 0 Å². The molecule has 4 rings (SSSR count). The Morgan fingerprint density at radius 2 is 2.29 bits per heavy atom. The Bertz CT molecular complexity index is 533. The van der Waals surface area contributed by atoms with E-state index in [4.69, 9.17) is 4.74 Å². The highest BCUT2D eigenvalue weighted by Gasteiger charge is 2.40. The Hall–Kier alpha value is -1.11. The maximum atomic E-state index is 12.8. The van der Waals surface area contributed by atoms with E-state index < -0.39 is 0 Å². The minimum atomic E-state index is 0. The minimum Gasteiger partial charge on any atom is -0.374 e. The van der Waals surface area contributed by atoms with Gasteiger partial charge in [-0.3, -0.25) is 9.89 Å². The van der Waals surface area contributed by atoms with Crippen LogP contribution in [0.5, 0.6) is 0 Å². The number of ether oxygens (including phenoxy) is 1. The predicted octanol–water partition coefficient (Wildman–Crippen LogP) is 0.871. The lowest BCUT2D eigenvalue weighted by molar-refractivity contribution is -0.0447. The van der Waals surface area contributed by atoms with Crippen molar-refractivity contribution in [2.75, 3.05) is 19.7 Å². The zero-order valence-corrected chi connectivity index (χ0v) is 12.7. The van der Waals surface area contributed by atoms with Crippen LogP contribution in [0.3, 0.4) is 0 Å². The molecule has 2 N–H and O–H groups in total. The number of amides is 1. The molecule has 0 spiro atoms. The zero-order chi connectivity index (χ0) is 13.5. The molecule has 1 aliphatic carbocycles. The Kier molecular flexibility index (Phi) is 4.19. The fourth-order valence-corrected chi connectivity index (χ4v) is 3.72. The van der Waals surface area contributed by atoms with Crippen LogP contribution in [0.25, 0.3) is 0 Å². The molecule has 2 fully saturated rings. The number of carbonyl (C=O) groups is 1. The van der Waals surface area contributed by atoms with Gasteiger partial charge in [0.25, 0.3) is 5.91 Å². The molecule has 1 aromatic rings. The molecule has 116 valence electrons. The second-order valence-electron chi connectivity index (χ2n) is 5.86. The van der Waals surface area contributed by atoms with Gasteiger partial charge in [-0.15, -0.1) is 12.4 Å². The molecule has 2 aliphatic heterocycles. The van der Waals surface area contributed by atoms with Crippen molar-refractivity contribution in [3.05, 3.63) is 17.0 Å². The van der Waals surface area contributed by atoms with Crippen molar-refractivity contribution in [3.63, 3.8) is 0 Å². The average molecular weight is 313 g/mol. The second-order valence-corrected chi connectivity index (χ2v) is 5.86. The van der Waals surface area contributed by atoms with E-state index in [1.54, 1.807) is 0 Å². The zero-order valence-electron chi connectivity index (χ0n) is 11.9. The molecule has 3 aliphatic rings. The van der Waals surface area contributed by atoms with Crippen LogP contribution < -0.4 is 5.32 Å². The van der Waals surface area contributed by atoms with Crippen LogP contribution in [0.4, 0.5) is 0 Å². The molecule has 1 amide bonds. The predicted molar refractivity (Wildman–Crippen MR) is 79.7 cm³/mol. The monoisotopic (exact) mass is 312 g/mol. The maximum Gasteiger partial charge on any atom is 0.275 e. The number of hydrogen-bond acceptors (Lipinski definition) is 4. The summed E-state index contributed by atoms with van der Waals surface area (Å²) in [7, 11) is 0. The van der Waals surface area contributed by atoms with Crippen molar-refractivity contribution >= 4 is 18.3 Å². The summed E-state index contributed by atoms with van der Waals surface area (Å²) in [6.45, 7) is 3.03. The molecule has 6 nitrogen and oxygen atoms in total. The van der Waals surface area contributed by atoms with Crippen LogP contribution >= 0.6 is 12.4 Å². The summed E-state index contributed by atoms with van der Waals surface area (Å²) in [5.41, 5.74) is 2.78. The van der Waals surface area contributed by atoms with E-state index in [1.165, 1.54) is 0 Å². The van der Waals surface area contributed by atoms with E-state index >= 15 is 0 Å². The summed E-state index contributed by atoms with van der Waals surface area (Å²) < 4.78 is 5.78. The Balaban J connectivity index is 0.00000132. The first-order chi connectivity index (χ1) is 9.84. The summed E-state index contributed by atoms with van der Waals surface area (Å²) >= 11 is 0. The Morgan fingerprint density at radius 3 is 3.19 bits per heavy atom. The number of fused-ring (bicyclic) bond motifs is 2. The average Bonchev–Trinajstić information content (AvgIpc) is 3.12. The molecule has 2 unspecified atom stereocenters. The van der Waals surface area contributed by atoms with Crippen LogP contribution in [0.15, 0.2) is 0 Å². The van der Waals surface area contributed by atoms with Crippen molar-refractivity contribution in [1.29, 1.82) is 0 Å². The van der Waals surface area contributed by atoms with Gasteiger partial charge < -0.3 is 15.0 Å². The first-order valence-corrected chi connectivity index (χ1v) is 7.54. The van der Waals surface area contributed by atoms with Gasteiger partial charge >= 0.3 is 0 Å². The minimum absolute atomic E-state index is 0. The molecule has 0 aromatic carbocycles. The van der Waals surface area contributed by atoms with E-state index in [0.717, 1.165) is 50.0 Å². The van der Waals surface area contributed by atoms with Crippen molar-refractivity contribution in [2.24, 2.45) is 0 Å². The molecular formula is C14H21ClN4O2. The standard InChI is InChI=1S/C14H20N4O2.ClH/c19-14(13-9-8-15-5-4-10(9)16-17-13)18-6-7-20-12-3-1-2-11(12)18;/h11-12,15H,1-8H2,(H,16,17);1H. The van der Waals surface area contributed by atoms with E-state index in [1.807, 2.05) is 4.90 Å². The van der Waals surface area contributed by atoms with E-state index in [0.29, 0.717) is 18.8 Å². The molecule has 1 aromatic heterocycles. The number of H-pyrrole nitrogens is 1. The van der Waals surface area contributed by atoms with Gasteiger partial charge in [-0.05, 0) is 19.3 Å². The highest BCUT2D eigenvalue weighted by molar-refractivity contribution is 5.94. The summed E-state index contributed by atoms with van der Waals surface area (Å²) in [5, 5.41) is 10.6. The number of halogens is 1. The summed E-state index contributed by atoms with van der Waals surface area (Å²) in [6.07, 6.45) is 4.45. The van der Waals surface area contributed by atoms with Crippen LogP contribution in [-0.2, 0) is 17.7 Å². The smallest absolute Gasteiger partial charge is 0.275 e. The molecule has 1 saturated heterocycles. The van der Waals surface area contributed by atoms with Gasteiger partial charge in [0.2, 0.25) is 0 Å². The molecular weight excluding hydrogens is 292 g/mol. The summed E-state index contributed by atoms with van der Waals surface area (Å²) in [5.74, 6) is 0.0754. The van der Waals surface area contributed by atoms with Crippen LogP contribution in [0, 0.1) is 0 Å². The third-order valence-corrected chi connectivity index (χ3v) is 4.75. The number of morpholine rings is 1. The molecule has 21 heavy (non-hydrogen) atoms. The number of aromatic amines is 1. The van der Waals surface area contributed by atoms with Crippen molar-refractivity contribution in [1.82, 2.24) is 20.4 Å². The highest BCUT2D eigenvalue weighted by atomic mass is 35.5. The van der Waals surface area contributed by atoms with Crippen molar-refractivity contribution in [2.45, 2.75) is 44.4 Å². The van der Waals surface area contributed by atoms with Gasteiger partial charge in [-0.25, -0.2) is 0 Å². The first kappa shape index (κ1) is 14.8. The van der Waals surface area contributed by atoms with E-state index in [9.17, 15) is 4.79 Å². The topological polar surface area (TPSA) is 70.2 Å². The third-order valence-electron chi connectivity index (χ3n) is 4.75. The lowest BCUT2D eigenvalue weighted by Gasteiger charge is -2.37. The van der Waals surface area contributed by atoms with Crippen molar-refractivity contribution < 1.29 is 9.53 Å². The van der Waals surface area contributed by atoms with Crippen molar-refractivity contribution in [3.8, 4) is 0 Å². The Labute approximate surface area is 130 Å². The quantitative estimate of drug-likeness (QED) is 0.807. The largest absolute Gasteiger partial charge is 0.374 e. The van der Waals surface area contributed by atoms with Gasteiger partial charge in [0, 0.05) is 37.3 Å².